The molecule has 2 aliphatic heterocycles. The van der Waals surface area contributed by atoms with E-state index in [0.717, 1.165) is 84.8 Å². The minimum atomic E-state index is 0.104. The highest BCUT2D eigenvalue weighted by Crippen LogP contribution is 2.16. The van der Waals surface area contributed by atoms with Crippen molar-refractivity contribution in [3.63, 3.8) is 0 Å². The second-order valence-corrected chi connectivity index (χ2v) is 7.94. The molecule has 0 bridgehead atoms. The number of carbonyl (C=O) groups is 1. The smallest absolute Gasteiger partial charge is 0.317 e. The number of hydrogen-bond donors (Lipinski definition) is 1. The number of amides is 2. The number of aromatic nitrogens is 1. The lowest BCUT2D eigenvalue weighted by Gasteiger charge is -2.32. The predicted molar refractivity (Wildman–Crippen MR) is 110 cm³/mol. The average molecular weight is 390 g/mol. The summed E-state index contributed by atoms with van der Waals surface area (Å²) in [5, 5.41) is 3.19. The van der Waals surface area contributed by atoms with Crippen LogP contribution in [0.2, 0.25) is 0 Å². The first-order valence-corrected chi connectivity index (χ1v) is 10.6. The molecule has 0 radical (unpaired) electrons. The van der Waals surface area contributed by atoms with Gasteiger partial charge in [0.05, 0.1) is 6.61 Å². The Labute approximate surface area is 169 Å². The van der Waals surface area contributed by atoms with Crippen LogP contribution in [0.5, 0.6) is 0 Å². The van der Waals surface area contributed by atoms with Crippen LogP contribution in [-0.4, -0.2) is 91.8 Å². The maximum atomic E-state index is 12.6. The molecule has 7 heteroatoms. The number of hydrogen-bond acceptors (Lipinski definition) is 5. The van der Waals surface area contributed by atoms with Crippen LogP contribution in [0, 0.1) is 5.92 Å². The van der Waals surface area contributed by atoms with Crippen molar-refractivity contribution in [3.05, 3.63) is 30.1 Å². The summed E-state index contributed by atoms with van der Waals surface area (Å²) in [5.74, 6) is 0.595. The van der Waals surface area contributed by atoms with Crippen LogP contribution in [0.15, 0.2) is 24.5 Å². The van der Waals surface area contributed by atoms with Crippen LogP contribution >= 0.6 is 0 Å². The van der Waals surface area contributed by atoms with Gasteiger partial charge in [-0.05, 0) is 56.0 Å². The summed E-state index contributed by atoms with van der Waals surface area (Å²) in [7, 11) is 1.75. The van der Waals surface area contributed by atoms with Gasteiger partial charge in [-0.25, -0.2) is 4.79 Å². The van der Waals surface area contributed by atoms with Gasteiger partial charge in [-0.15, -0.1) is 0 Å². The Morgan fingerprint density at radius 1 is 1.11 bits per heavy atom. The van der Waals surface area contributed by atoms with Crippen molar-refractivity contribution >= 4 is 6.03 Å². The largest absolute Gasteiger partial charge is 0.383 e. The number of urea groups is 1. The average Bonchev–Trinajstić information content (AvgIpc) is 2.97. The Morgan fingerprint density at radius 2 is 1.89 bits per heavy atom. The van der Waals surface area contributed by atoms with Gasteiger partial charge in [-0.2, -0.15) is 0 Å². The van der Waals surface area contributed by atoms with Crippen molar-refractivity contribution in [1.29, 1.82) is 0 Å². The highest BCUT2D eigenvalue weighted by Gasteiger charge is 2.22. The summed E-state index contributed by atoms with van der Waals surface area (Å²) in [6.45, 7) is 9.36. The molecule has 28 heavy (non-hydrogen) atoms. The molecule has 2 fully saturated rings. The van der Waals surface area contributed by atoms with Gasteiger partial charge >= 0.3 is 6.03 Å². The highest BCUT2D eigenvalue weighted by molar-refractivity contribution is 5.74. The number of piperidine rings is 1. The molecule has 0 saturated carbocycles. The second-order valence-electron chi connectivity index (χ2n) is 7.94. The van der Waals surface area contributed by atoms with Gasteiger partial charge in [0.25, 0.3) is 0 Å². The van der Waals surface area contributed by atoms with Crippen molar-refractivity contribution in [2.24, 2.45) is 5.92 Å². The lowest BCUT2D eigenvalue weighted by molar-refractivity contribution is 0.119. The van der Waals surface area contributed by atoms with Crippen LogP contribution in [-0.2, 0) is 11.3 Å². The molecule has 3 heterocycles. The van der Waals surface area contributed by atoms with E-state index in [-0.39, 0.29) is 6.03 Å². The van der Waals surface area contributed by atoms with E-state index < -0.39 is 0 Å². The Morgan fingerprint density at radius 3 is 2.64 bits per heavy atom. The van der Waals surface area contributed by atoms with Crippen LogP contribution in [0.3, 0.4) is 0 Å². The summed E-state index contributed by atoms with van der Waals surface area (Å²) in [4.78, 5) is 23.6. The van der Waals surface area contributed by atoms with Gasteiger partial charge in [0.1, 0.15) is 0 Å². The third-order valence-electron chi connectivity index (χ3n) is 5.89. The number of methoxy groups -OCH3 is 1. The van der Waals surface area contributed by atoms with Gasteiger partial charge in [0.2, 0.25) is 0 Å². The quantitative estimate of drug-likeness (QED) is 0.769. The highest BCUT2D eigenvalue weighted by atomic mass is 16.5. The van der Waals surface area contributed by atoms with E-state index >= 15 is 0 Å². The first kappa shape index (κ1) is 21.0. The molecule has 0 aliphatic carbocycles. The molecule has 3 rings (SSSR count). The predicted octanol–water partition coefficient (Wildman–Crippen LogP) is 1.66. The molecular weight excluding hydrogens is 354 g/mol. The summed E-state index contributed by atoms with van der Waals surface area (Å²) < 4.78 is 5.16. The number of nitrogens with one attached hydrogen (secondary N) is 1. The zero-order valence-corrected chi connectivity index (χ0v) is 17.2. The third-order valence-corrected chi connectivity index (χ3v) is 5.89. The van der Waals surface area contributed by atoms with Crippen molar-refractivity contribution in [1.82, 2.24) is 25.0 Å². The van der Waals surface area contributed by atoms with Gasteiger partial charge in [0, 0.05) is 65.3 Å². The van der Waals surface area contributed by atoms with Crippen LogP contribution < -0.4 is 5.32 Å². The molecule has 0 unspecified atom stereocenters. The SMILES string of the molecule is COCCN1CCC(CNC(=O)N2CCCN(Cc3ccncc3)CC2)CC1. The monoisotopic (exact) mass is 389 g/mol. The molecule has 0 aromatic carbocycles. The van der Waals surface area contributed by atoms with Crippen LogP contribution in [0.4, 0.5) is 4.79 Å². The molecule has 1 N–H and O–H groups in total. The maximum Gasteiger partial charge on any atom is 0.317 e. The molecule has 1 aromatic heterocycles. The Balaban J connectivity index is 1.35. The zero-order chi connectivity index (χ0) is 19.6. The van der Waals surface area contributed by atoms with Crippen molar-refractivity contribution < 1.29 is 9.53 Å². The number of nitrogens with zero attached hydrogens (tertiary/aromatic N) is 4. The maximum absolute atomic E-state index is 12.6. The van der Waals surface area contributed by atoms with Crippen molar-refractivity contribution in [2.75, 3.05) is 66.1 Å². The molecule has 2 amide bonds. The lowest BCUT2D eigenvalue weighted by atomic mass is 9.97. The third kappa shape index (κ3) is 6.72. The number of likely N-dealkylation sites (tertiary alicyclic amines) is 1. The fraction of sp³-hybridized carbons (Fsp3) is 0.714. The van der Waals surface area contributed by atoms with Crippen LogP contribution in [0.25, 0.3) is 0 Å². The van der Waals surface area contributed by atoms with Crippen molar-refractivity contribution in [2.45, 2.75) is 25.8 Å². The Hall–Kier alpha value is -1.70. The van der Waals surface area contributed by atoms with Crippen molar-refractivity contribution in [3.8, 4) is 0 Å². The zero-order valence-electron chi connectivity index (χ0n) is 17.2. The van der Waals surface area contributed by atoms with E-state index in [1.54, 1.807) is 7.11 Å². The number of ether oxygens (including phenoxy) is 1. The molecule has 2 aliphatic rings. The van der Waals surface area contributed by atoms with Gasteiger partial charge in [0.15, 0.2) is 0 Å². The van der Waals surface area contributed by atoms with E-state index in [9.17, 15) is 4.79 Å². The molecule has 156 valence electrons. The molecule has 7 nitrogen and oxygen atoms in total. The van der Waals surface area contributed by atoms with Gasteiger partial charge in [-0.3, -0.25) is 9.88 Å². The van der Waals surface area contributed by atoms with Gasteiger partial charge < -0.3 is 19.9 Å². The van der Waals surface area contributed by atoms with E-state index in [1.807, 2.05) is 17.3 Å². The number of carbonyl (C=O) groups excluding carboxylic acids is 1. The summed E-state index contributed by atoms with van der Waals surface area (Å²) in [6.07, 6.45) is 7.02. The molecule has 1 aromatic rings. The van der Waals surface area contributed by atoms with E-state index in [0.29, 0.717) is 5.92 Å². The minimum absolute atomic E-state index is 0.104. The summed E-state index contributed by atoms with van der Waals surface area (Å²) in [5.41, 5.74) is 1.28. The minimum Gasteiger partial charge on any atom is -0.383 e. The van der Waals surface area contributed by atoms with E-state index in [4.69, 9.17) is 4.74 Å². The Kier molecular flexibility index (Phi) is 8.51. The standard InChI is InChI=1S/C21H35N5O2/c1-28-16-15-24-11-5-19(6-12-24)17-23-21(27)26-10-2-9-25(13-14-26)18-20-3-7-22-8-4-20/h3-4,7-8,19H,2,5-6,9-18H2,1H3,(H,23,27). The molecule has 0 atom stereocenters. The van der Waals surface area contributed by atoms with Crippen LogP contribution in [0.1, 0.15) is 24.8 Å². The first-order valence-electron chi connectivity index (χ1n) is 10.6. The number of rotatable bonds is 7. The Bertz CT molecular complexity index is 577. The summed E-state index contributed by atoms with van der Waals surface area (Å²) in [6, 6.07) is 4.24. The fourth-order valence-corrected chi connectivity index (χ4v) is 4.06. The van der Waals surface area contributed by atoms with E-state index in [1.165, 1.54) is 5.56 Å². The topological polar surface area (TPSA) is 60.9 Å². The number of pyridine rings is 1. The fourth-order valence-electron chi connectivity index (χ4n) is 4.06. The molecular formula is C21H35N5O2. The lowest BCUT2D eigenvalue weighted by Crippen LogP contribution is -2.45. The first-order chi connectivity index (χ1) is 13.7. The molecule has 2 saturated heterocycles. The second kappa shape index (κ2) is 11.3. The normalized spacial score (nSPS) is 20.1. The summed E-state index contributed by atoms with van der Waals surface area (Å²) >= 11 is 0. The van der Waals surface area contributed by atoms with E-state index in [2.05, 4.69) is 32.2 Å². The molecule has 0 spiro atoms. The van der Waals surface area contributed by atoms with Gasteiger partial charge in [-0.1, -0.05) is 0 Å².